The highest BCUT2D eigenvalue weighted by atomic mass is 16.4. The third-order valence-corrected chi connectivity index (χ3v) is 3.14. The number of rotatable bonds is 7. The molecule has 1 aromatic heterocycles. The van der Waals surface area contributed by atoms with Gasteiger partial charge in [0.25, 0.3) is 5.91 Å². The molecule has 0 aliphatic heterocycles. The van der Waals surface area contributed by atoms with Crippen molar-refractivity contribution in [2.24, 2.45) is 13.0 Å². The first-order chi connectivity index (χ1) is 9.36. The van der Waals surface area contributed by atoms with E-state index in [2.05, 4.69) is 10.4 Å². The van der Waals surface area contributed by atoms with Gasteiger partial charge < -0.3 is 10.4 Å². The Bertz CT molecular complexity index is 480. The van der Waals surface area contributed by atoms with Gasteiger partial charge in [-0.2, -0.15) is 5.10 Å². The summed E-state index contributed by atoms with van der Waals surface area (Å²) < 4.78 is 1.60. The zero-order valence-electron chi connectivity index (χ0n) is 12.5. The zero-order chi connectivity index (χ0) is 15.3. The highest BCUT2D eigenvalue weighted by Crippen LogP contribution is 2.17. The van der Waals surface area contributed by atoms with Gasteiger partial charge in [-0.3, -0.25) is 14.3 Å². The van der Waals surface area contributed by atoms with E-state index in [4.69, 9.17) is 5.11 Å². The zero-order valence-corrected chi connectivity index (χ0v) is 12.5. The fraction of sp³-hybridized carbons (Fsp3) is 0.643. The number of carboxylic acids is 1. The van der Waals surface area contributed by atoms with E-state index in [-0.39, 0.29) is 18.4 Å². The van der Waals surface area contributed by atoms with Gasteiger partial charge in [0.05, 0.1) is 17.2 Å². The smallest absolute Gasteiger partial charge is 0.308 e. The molecule has 1 atom stereocenters. The lowest BCUT2D eigenvalue weighted by Gasteiger charge is -2.12. The van der Waals surface area contributed by atoms with Crippen LogP contribution in [-0.4, -0.2) is 33.3 Å². The maximum absolute atomic E-state index is 12.2. The first-order valence-corrected chi connectivity index (χ1v) is 6.91. The lowest BCUT2D eigenvalue weighted by Crippen LogP contribution is -2.33. The van der Waals surface area contributed by atoms with E-state index >= 15 is 0 Å². The van der Waals surface area contributed by atoms with Gasteiger partial charge in [-0.1, -0.05) is 27.2 Å². The normalized spacial score (nSPS) is 12.4. The molecule has 0 fully saturated rings. The van der Waals surface area contributed by atoms with Gasteiger partial charge >= 0.3 is 5.97 Å². The van der Waals surface area contributed by atoms with Crippen molar-refractivity contribution in [2.45, 2.75) is 39.5 Å². The molecule has 6 heteroatoms. The molecular weight excluding hydrogens is 258 g/mol. The molecule has 6 nitrogen and oxygen atoms in total. The average molecular weight is 281 g/mol. The molecule has 0 radical (unpaired) electrons. The maximum atomic E-state index is 12.2. The second kappa shape index (κ2) is 7.07. The van der Waals surface area contributed by atoms with E-state index in [9.17, 15) is 9.59 Å². The Morgan fingerprint density at radius 3 is 2.60 bits per heavy atom. The second-order valence-corrected chi connectivity index (χ2v) is 5.29. The molecule has 0 saturated heterocycles. The largest absolute Gasteiger partial charge is 0.481 e. The van der Waals surface area contributed by atoms with Crippen molar-refractivity contribution in [3.63, 3.8) is 0 Å². The molecule has 0 aliphatic rings. The topological polar surface area (TPSA) is 84.2 Å². The van der Waals surface area contributed by atoms with Crippen LogP contribution >= 0.6 is 0 Å². The highest BCUT2D eigenvalue weighted by molar-refractivity contribution is 5.95. The number of aromatic nitrogens is 2. The molecule has 1 unspecified atom stereocenters. The number of aryl methyl sites for hydroxylation is 1. The quantitative estimate of drug-likeness (QED) is 0.797. The summed E-state index contributed by atoms with van der Waals surface area (Å²) in [5, 5.41) is 16.0. The second-order valence-electron chi connectivity index (χ2n) is 5.29. The molecule has 0 saturated carbocycles. The summed E-state index contributed by atoms with van der Waals surface area (Å²) in [5.74, 6) is -1.53. The number of nitrogens with one attached hydrogen (secondary N) is 1. The first kappa shape index (κ1) is 16.2. The Labute approximate surface area is 119 Å². The van der Waals surface area contributed by atoms with Crippen LogP contribution in [-0.2, 0) is 11.8 Å². The number of aliphatic carboxylic acids is 1. The third kappa shape index (κ3) is 4.08. The molecule has 0 aliphatic carbocycles. The summed E-state index contributed by atoms with van der Waals surface area (Å²) in [7, 11) is 1.76. The fourth-order valence-electron chi connectivity index (χ4n) is 2.08. The van der Waals surface area contributed by atoms with Crippen molar-refractivity contribution in [3.05, 3.63) is 17.5 Å². The standard InChI is InChI=1S/C14H23N3O3/c1-5-6-10(14(19)20)7-15-13(18)11-8-17(4)16-12(11)9(2)3/h8-10H,5-7H2,1-4H3,(H,15,18)(H,19,20). The van der Waals surface area contributed by atoms with Gasteiger partial charge in [0, 0.05) is 19.8 Å². The van der Waals surface area contributed by atoms with E-state index in [0.29, 0.717) is 12.0 Å². The number of hydrogen-bond donors (Lipinski definition) is 2. The summed E-state index contributed by atoms with van der Waals surface area (Å²) in [6, 6.07) is 0. The maximum Gasteiger partial charge on any atom is 0.308 e. The highest BCUT2D eigenvalue weighted by Gasteiger charge is 2.21. The summed E-state index contributed by atoms with van der Waals surface area (Å²) in [5.41, 5.74) is 1.25. The molecule has 1 rings (SSSR count). The molecule has 1 heterocycles. The molecule has 112 valence electrons. The van der Waals surface area contributed by atoms with Crippen LogP contribution in [0, 0.1) is 5.92 Å². The van der Waals surface area contributed by atoms with Crippen LogP contribution in [0.2, 0.25) is 0 Å². The van der Waals surface area contributed by atoms with Gasteiger partial charge in [-0.05, 0) is 12.3 Å². The Morgan fingerprint density at radius 2 is 2.10 bits per heavy atom. The van der Waals surface area contributed by atoms with Gasteiger partial charge in [-0.15, -0.1) is 0 Å². The molecule has 1 aromatic rings. The molecule has 0 aromatic carbocycles. The Balaban J connectivity index is 2.74. The van der Waals surface area contributed by atoms with Crippen molar-refractivity contribution in [1.29, 1.82) is 0 Å². The van der Waals surface area contributed by atoms with E-state index in [1.54, 1.807) is 17.9 Å². The van der Waals surface area contributed by atoms with Crippen LogP contribution in [0.5, 0.6) is 0 Å². The predicted molar refractivity (Wildman–Crippen MR) is 75.7 cm³/mol. The number of carbonyl (C=O) groups excluding carboxylic acids is 1. The minimum atomic E-state index is -0.873. The van der Waals surface area contributed by atoms with E-state index in [0.717, 1.165) is 12.1 Å². The third-order valence-electron chi connectivity index (χ3n) is 3.14. The van der Waals surface area contributed by atoms with Crippen LogP contribution in [0.3, 0.4) is 0 Å². The van der Waals surface area contributed by atoms with Crippen molar-refractivity contribution < 1.29 is 14.7 Å². The SMILES string of the molecule is CCCC(CNC(=O)c1cn(C)nc1C(C)C)C(=O)O. The number of hydrogen-bond acceptors (Lipinski definition) is 3. The van der Waals surface area contributed by atoms with Crippen molar-refractivity contribution >= 4 is 11.9 Å². The lowest BCUT2D eigenvalue weighted by atomic mass is 10.0. The van der Waals surface area contributed by atoms with Gasteiger partial charge in [0.15, 0.2) is 0 Å². The van der Waals surface area contributed by atoms with Crippen LogP contribution < -0.4 is 5.32 Å². The minimum absolute atomic E-state index is 0.142. The molecular formula is C14H23N3O3. The monoisotopic (exact) mass is 281 g/mol. The number of carbonyl (C=O) groups is 2. The fourth-order valence-corrected chi connectivity index (χ4v) is 2.08. The summed E-state index contributed by atoms with van der Waals surface area (Å²) >= 11 is 0. The van der Waals surface area contributed by atoms with Crippen LogP contribution in [0.4, 0.5) is 0 Å². The van der Waals surface area contributed by atoms with Crippen LogP contribution in [0.15, 0.2) is 6.20 Å². The van der Waals surface area contributed by atoms with E-state index < -0.39 is 11.9 Å². The summed E-state index contributed by atoms with van der Waals surface area (Å²) in [4.78, 5) is 23.2. The first-order valence-electron chi connectivity index (χ1n) is 6.91. The van der Waals surface area contributed by atoms with Crippen LogP contribution in [0.25, 0.3) is 0 Å². The summed E-state index contributed by atoms with van der Waals surface area (Å²) in [6.45, 7) is 6.01. The number of amides is 1. The number of carboxylic acid groups (broad SMARTS) is 1. The molecule has 0 spiro atoms. The predicted octanol–water partition coefficient (Wildman–Crippen LogP) is 1.77. The summed E-state index contributed by atoms with van der Waals surface area (Å²) in [6.07, 6.45) is 3.00. The van der Waals surface area contributed by atoms with Crippen molar-refractivity contribution in [3.8, 4) is 0 Å². The Hall–Kier alpha value is -1.85. The van der Waals surface area contributed by atoms with Gasteiger partial charge in [-0.25, -0.2) is 0 Å². The average Bonchev–Trinajstić information content (AvgIpc) is 2.76. The van der Waals surface area contributed by atoms with E-state index in [1.807, 2.05) is 20.8 Å². The van der Waals surface area contributed by atoms with Crippen molar-refractivity contribution in [1.82, 2.24) is 15.1 Å². The lowest BCUT2D eigenvalue weighted by molar-refractivity contribution is -0.141. The molecule has 2 N–H and O–H groups in total. The van der Waals surface area contributed by atoms with Gasteiger partial charge in [0.2, 0.25) is 0 Å². The Kier molecular flexibility index (Phi) is 5.73. The Morgan fingerprint density at radius 1 is 1.45 bits per heavy atom. The minimum Gasteiger partial charge on any atom is -0.481 e. The van der Waals surface area contributed by atoms with E-state index in [1.165, 1.54) is 0 Å². The van der Waals surface area contributed by atoms with Crippen LogP contribution in [0.1, 0.15) is 55.6 Å². The van der Waals surface area contributed by atoms with Gasteiger partial charge in [0.1, 0.15) is 0 Å². The molecule has 20 heavy (non-hydrogen) atoms. The molecule has 0 bridgehead atoms. The van der Waals surface area contributed by atoms with Crippen molar-refractivity contribution in [2.75, 3.05) is 6.54 Å². The number of nitrogens with zero attached hydrogens (tertiary/aromatic N) is 2. The molecule has 1 amide bonds.